The fourth-order valence-corrected chi connectivity index (χ4v) is 3.94. The minimum atomic E-state index is 0.792. The third-order valence-corrected chi connectivity index (χ3v) is 5.22. The van der Waals surface area contributed by atoms with Gasteiger partial charge in [-0.25, -0.2) is 0 Å². The molecule has 2 atom stereocenters. The highest BCUT2D eigenvalue weighted by Crippen LogP contribution is 2.52. The highest BCUT2D eigenvalue weighted by molar-refractivity contribution is 5.66. The van der Waals surface area contributed by atoms with Gasteiger partial charge in [0.15, 0.2) is 0 Å². The summed E-state index contributed by atoms with van der Waals surface area (Å²) in [6.07, 6.45) is 9.75. The Labute approximate surface area is 133 Å². The Morgan fingerprint density at radius 3 is 2.55 bits per heavy atom. The van der Waals surface area contributed by atoms with Crippen molar-refractivity contribution in [2.75, 3.05) is 0 Å². The first-order valence-electron chi connectivity index (χ1n) is 8.59. The highest BCUT2D eigenvalue weighted by Gasteiger charge is 2.38. The number of hydrogen-bond acceptors (Lipinski definition) is 1. The lowest BCUT2D eigenvalue weighted by Gasteiger charge is -2.20. The van der Waals surface area contributed by atoms with Crippen LogP contribution in [-0.2, 0) is 0 Å². The second kappa shape index (κ2) is 6.08. The van der Waals surface area contributed by atoms with E-state index >= 15 is 0 Å². The Bertz CT molecular complexity index is 657. The molecule has 2 aliphatic carbocycles. The first kappa shape index (κ1) is 13.8. The van der Waals surface area contributed by atoms with Crippen molar-refractivity contribution in [2.24, 2.45) is 5.92 Å². The van der Waals surface area contributed by atoms with Crippen LogP contribution in [0.15, 0.2) is 60.3 Å². The van der Waals surface area contributed by atoms with Crippen LogP contribution in [0.2, 0.25) is 0 Å². The number of aromatic nitrogens is 1. The van der Waals surface area contributed by atoms with Gasteiger partial charge in [0, 0.05) is 6.20 Å². The van der Waals surface area contributed by atoms with Crippen LogP contribution in [-0.4, -0.2) is 4.98 Å². The Morgan fingerprint density at radius 2 is 1.73 bits per heavy atom. The molecule has 0 N–H and O–H groups in total. The molecule has 22 heavy (non-hydrogen) atoms. The van der Waals surface area contributed by atoms with Crippen molar-refractivity contribution in [1.29, 1.82) is 0 Å². The normalized spacial score (nSPS) is 24.4. The molecule has 0 unspecified atom stereocenters. The summed E-state index contributed by atoms with van der Waals surface area (Å²) in [6, 6.07) is 17.4. The van der Waals surface area contributed by atoms with E-state index in [-0.39, 0.29) is 0 Å². The van der Waals surface area contributed by atoms with Crippen molar-refractivity contribution in [3.63, 3.8) is 0 Å². The van der Waals surface area contributed by atoms with E-state index in [1.807, 2.05) is 12.3 Å². The van der Waals surface area contributed by atoms with Crippen LogP contribution in [0.1, 0.15) is 55.7 Å². The van der Waals surface area contributed by atoms with Crippen LogP contribution in [0, 0.1) is 5.92 Å². The molecule has 0 saturated heterocycles. The predicted molar refractivity (Wildman–Crippen MR) is 91.5 cm³/mol. The zero-order valence-electron chi connectivity index (χ0n) is 13.0. The topological polar surface area (TPSA) is 12.9 Å². The molecule has 1 aromatic carbocycles. The average Bonchev–Trinajstić information content (AvgIpc) is 3.36. The van der Waals surface area contributed by atoms with Crippen molar-refractivity contribution in [3.8, 4) is 0 Å². The van der Waals surface area contributed by atoms with Gasteiger partial charge in [0.2, 0.25) is 0 Å². The Hall–Kier alpha value is -1.89. The minimum Gasteiger partial charge on any atom is -0.257 e. The summed E-state index contributed by atoms with van der Waals surface area (Å²) in [5.41, 5.74) is 5.98. The van der Waals surface area contributed by atoms with Crippen LogP contribution in [0.5, 0.6) is 0 Å². The zero-order valence-corrected chi connectivity index (χ0v) is 13.0. The number of allylic oxidation sites excluding steroid dienone is 2. The molecular formula is C21H23N. The number of nitrogens with zero attached hydrogens (tertiary/aromatic N) is 1. The second-order valence-corrected chi connectivity index (χ2v) is 6.72. The molecule has 1 nitrogen and oxygen atoms in total. The van der Waals surface area contributed by atoms with Gasteiger partial charge < -0.3 is 0 Å². The summed E-state index contributed by atoms with van der Waals surface area (Å²) < 4.78 is 0. The van der Waals surface area contributed by atoms with E-state index < -0.39 is 0 Å². The summed E-state index contributed by atoms with van der Waals surface area (Å²) in [7, 11) is 0. The molecule has 2 aromatic rings. The van der Waals surface area contributed by atoms with E-state index in [2.05, 4.69) is 47.4 Å². The van der Waals surface area contributed by atoms with Crippen LogP contribution < -0.4 is 0 Å². The molecule has 0 bridgehead atoms. The predicted octanol–water partition coefficient (Wildman–Crippen LogP) is 5.60. The summed E-state index contributed by atoms with van der Waals surface area (Å²) >= 11 is 0. The van der Waals surface area contributed by atoms with Gasteiger partial charge in [-0.2, -0.15) is 0 Å². The molecule has 112 valence electrons. The van der Waals surface area contributed by atoms with Crippen molar-refractivity contribution < 1.29 is 0 Å². The standard InChI is InChI=1S/C21H23N/c1-2-8-16(9-3-1)20-15-18(20)14-17-10-4-5-11-19(17)21-12-6-7-13-22-21/h1-3,6-9,12-13,18,20H,4-5,10-11,14-15H2/t18-,20-/m1/s1. The van der Waals surface area contributed by atoms with Crippen LogP contribution in [0.25, 0.3) is 5.57 Å². The third-order valence-electron chi connectivity index (χ3n) is 5.22. The van der Waals surface area contributed by atoms with E-state index in [1.54, 1.807) is 11.1 Å². The van der Waals surface area contributed by atoms with Crippen LogP contribution >= 0.6 is 0 Å². The Morgan fingerprint density at radius 1 is 0.909 bits per heavy atom. The van der Waals surface area contributed by atoms with Crippen LogP contribution in [0.4, 0.5) is 0 Å². The maximum absolute atomic E-state index is 4.60. The number of pyridine rings is 1. The Kier molecular flexibility index (Phi) is 3.80. The minimum absolute atomic E-state index is 0.792. The van der Waals surface area contributed by atoms with E-state index in [9.17, 15) is 0 Å². The van der Waals surface area contributed by atoms with Gasteiger partial charge in [0.05, 0.1) is 5.69 Å². The van der Waals surface area contributed by atoms with Crippen molar-refractivity contribution in [3.05, 3.63) is 71.6 Å². The van der Waals surface area contributed by atoms with E-state index in [0.717, 1.165) is 11.8 Å². The van der Waals surface area contributed by atoms with Gasteiger partial charge in [0.25, 0.3) is 0 Å². The van der Waals surface area contributed by atoms with Crippen LogP contribution in [0.3, 0.4) is 0 Å². The fourth-order valence-electron chi connectivity index (χ4n) is 3.94. The number of rotatable bonds is 4. The quantitative estimate of drug-likeness (QED) is 0.713. The summed E-state index contributed by atoms with van der Waals surface area (Å²) in [6.45, 7) is 0. The molecule has 1 heteroatoms. The molecule has 1 saturated carbocycles. The second-order valence-electron chi connectivity index (χ2n) is 6.72. The zero-order chi connectivity index (χ0) is 14.8. The number of benzene rings is 1. The molecule has 4 rings (SSSR count). The van der Waals surface area contributed by atoms with E-state index in [0.29, 0.717) is 0 Å². The largest absolute Gasteiger partial charge is 0.257 e. The van der Waals surface area contributed by atoms with Crippen molar-refractivity contribution in [2.45, 2.75) is 44.4 Å². The van der Waals surface area contributed by atoms with Gasteiger partial charge in [-0.1, -0.05) is 42.0 Å². The molecule has 0 radical (unpaired) electrons. The monoisotopic (exact) mass is 289 g/mol. The highest BCUT2D eigenvalue weighted by atomic mass is 14.7. The maximum atomic E-state index is 4.60. The molecule has 1 fully saturated rings. The van der Waals surface area contributed by atoms with Gasteiger partial charge in [-0.3, -0.25) is 4.98 Å². The van der Waals surface area contributed by atoms with E-state index in [1.165, 1.54) is 49.8 Å². The van der Waals surface area contributed by atoms with Crippen molar-refractivity contribution in [1.82, 2.24) is 4.98 Å². The first-order valence-corrected chi connectivity index (χ1v) is 8.59. The molecule has 0 aliphatic heterocycles. The SMILES string of the molecule is c1ccc([C@H]2C[C@H]2CC2=C(c3ccccn3)CCCC2)cc1. The van der Waals surface area contributed by atoms with Crippen molar-refractivity contribution >= 4 is 5.57 Å². The number of hydrogen-bond donors (Lipinski definition) is 0. The lowest BCUT2D eigenvalue weighted by atomic mass is 9.86. The van der Waals surface area contributed by atoms with Gasteiger partial charge in [0.1, 0.15) is 0 Å². The van der Waals surface area contributed by atoms with Gasteiger partial charge >= 0.3 is 0 Å². The average molecular weight is 289 g/mol. The van der Waals surface area contributed by atoms with Gasteiger partial charge in [-0.15, -0.1) is 0 Å². The lowest BCUT2D eigenvalue weighted by Crippen LogP contribution is -2.02. The summed E-state index contributed by atoms with van der Waals surface area (Å²) in [4.78, 5) is 4.60. The molecule has 2 aliphatic rings. The van der Waals surface area contributed by atoms with E-state index in [4.69, 9.17) is 0 Å². The summed E-state index contributed by atoms with van der Waals surface area (Å²) in [5, 5.41) is 0. The molecule has 1 heterocycles. The smallest absolute Gasteiger partial charge is 0.0661 e. The van der Waals surface area contributed by atoms with Gasteiger partial charge in [-0.05, 0) is 73.6 Å². The maximum Gasteiger partial charge on any atom is 0.0661 e. The summed E-state index contributed by atoms with van der Waals surface area (Å²) in [5.74, 6) is 1.65. The fraction of sp³-hybridized carbons (Fsp3) is 0.381. The third kappa shape index (κ3) is 2.85. The molecule has 0 amide bonds. The molecule has 1 aromatic heterocycles. The lowest BCUT2D eigenvalue weighted by molar-refractivity contribution is 0.657. The Balaban J connectivity index is 1.53. The molecule has 0 spiro atoms. The first-order chi connectivity index (χ1) is 10.9. The molecular weight excluding hydrogens is 266 g/mol.